The van der Waals surface area contributed by atoms with E-state index in [0.29, 0.717) is 19.7 Å². The number of nitrogens with zero attached hydrogens (tertiary/aromatic N) is 4. The number of hydrogen-bond acceptors (Lipinski definition) is 5. The van der Waals surface area contributed by atoms with Crippen molar-refractivity contribution in [2.45, 2.75) is 19.8 Å². The summed E-state index contributed by atoms with van der Waals surface area (Å²) in [4.78, 5) is 29.1. The normalized spacial score (nSPS) is 13.6. The quantitative estimate of drug-likeness (QED) is 0.302. The van der Waals surface area contributed by atoms with Gasteiger partial charge in [-0.25, -0.2) is 14.8 Å². The van der Waals surface area contributed by atoms with E-state index in [9.17, 15) is 4.79 Å². The highest BCUT2D eigenvalue weighted by Crippen LogP contribution is 2.29. The Morgan fingerprint density at radius 1 is 1.13 bits per heavy atom. The van der Waals surface area contributed by atoms with Crippen LogP contribution in [-0.4, -0.2) is 71.1 Å². The number of carbonyl (C=O) groups excluding carboxylic acids is 1. The van der Waals surface area contributed by atoms with Gasteiger partial charge in [-0.15, -0.1) is 0 Å². The van der Waals surface area contributed by atoms with E-state index in [1.54, 1.807) is 6.33 Å². The lowest BCUT2D eigenvalue weighted by atomic mass is 10.0. The van der Waals surface area contributed by atoms with Gasteiger partial charge in [0.05, 0.1) is 12.3 Å². The largest absolute Gasteiger partial charge is 0.494 e. The van der Waals surface area contributed by atoms with Crippen molar-refractivity contribution in [2.75, 3.05) is 45.7 Å². The zero-order valence-corrected chi connectivity index (χ0v) is 22.2. The Balaban J connectivity index is 1.22. The zero-order valence-electron chi connectivity index (χ0n) is 22.2. The van der Waals surface area contributed by atoms with Crippen LogP contribution in [0.25, 0.3) is 27.7 Å². The third-order valence-corrected chi connectivity index (χ3v) is 6.77. The van der Waals surface area contributed by atoms with Crippen LogP contribution >= 0.6 is 0 Å². The highest BCUT2D eigenvalue weighted by Gasteiger charge is 2.21. The fourth-order valence-electron chi connectivity index (χ4n) is 4.74. The number of rotatable bonds is 8. The summed E-state index contributed by atoms with van der Waals surface area (Å²) in [6.45, 7) is 4.88. The molecule has 196 valence electrons. The average molecular weight is 511 g/mol. The molecular weight excluding hydrogens is 476 g/mol. The predicted molar refractivity (Wildman–Crippen MR) is 152 cm³/mol. The number of fused-ring (bicyclic) bond motifs is 1. The molecule has 0 atom stereocenters. The van der Waals surface area contributed by atoms with Gasteiger partial charge in [-0.3, -0.25) is 0 Å². The molecule has 0 aliphatic carbocycles. The molecule has 2 N–H and O–H groups in total. The molecule has 3 heterocycles. The van der Waals surface area contributed by atoms with Gasteiger partial charge in [-0.2, -0.15) is 0 Å². The first-order chi connectivity index (χ1) is 18.5. The lowest BCUT2D eigenvalue weighted by Crippen LogP contribution is -2.38. The first-order valence-corrected chi connectivity index (χ1v) is 13.0. The number of amides is 2. The van der Waals surface area contributed by atoms with Crippen molar-refractivity contribution in [3.05, 3.63) is 78.4 Å². The number of urea groups is 1. The zero-order chi connectivity index (χ0) is 26.5. The average Bonchev–Trinajstić information content (AvgIpc) is 3.32. The molecule has 0 fully saturated rings. The van der Waals surface area contributed by atoms with Gasteiger partial charge in [0.25, 0.3) is 0 Å². The molecule has 0 spiro atoms. The van der Waals surface area contributed by atoms with Crippen LogP contribution < -0.4 is 10.1 Å². The molecule has 2 aromatic heterocycles. The summed E-state index contributed by atoms with van der Waals surface area (Å²) in [6, 6.07) is 15.9. The summed E-state index contributed by atoms with van der Waals surface area (Å²) < 4.78 is 5.94. The van der Waals surface area contributed by atoms with Crippen molar-refractivity contribution in [1.29, 1.82) is 0 Å². The standard InChI is InChI=1S/C30H34N6O2/c1-21-19-31-29-27(21)28(32-20-33-29)22-11-14-36(15-12-22)30(37)34-25-9-4-7-23(17-25)24-8-5-10-26(18-24)38-16-6-13-35(2)3/h4-5,7-11,17-20H,6,12-16H2,1-3H3,(H,34,37)(H,31,32,33). The van der Waals surface area contributed by atoms with Crippen molar-refractivity contribution >= 4 is 28.3 Å². The van der Waals surface area contributed by atoms with Crippen LogP contribution in [-0.2, 0) is 0 Å². The second-order valence-electron chi connectivity index (χ2n) is 9.89. The van der Waals surface area contributed by atoms with Crippen LogP contribution in [0.3, 0.4) is 0 Å². The smallest absolute Gasteiger partial charge is 0.322 e. The summed E-state index contributed by atoms with van der Waals surface area (Å²) in [6.07, 6.45) is 7.35. The number of hydrogen-bond donors (Lipinski definition) is 2. The SMILES string of the molecule is Cc1c[nH]c2ncnc(C3=CCN(C(=O)Nc4cccc(-c5cccc(OCCCN(C)C)c5)c4)CC3)c12. The molecular formula is C30H34N6O2. The third-order valence-electron chi connectivity index (χ3n) is 6.77. The van der Waals surface area contributed by atoms with Crippen LogP contribution in [0.1, 0.15) is 24.1 Å². The molecule has 2 amide bonds. The maximum Gasteiger partial charge on any atom is 0.322 e. The Labute approximate surface area is 223 Å². The molecule has 8 nitrogen and oxygen atoms in total. The van der Waals surface area contributed by atoms with E-state index >= 15 is 0 Å². The van der Waals surface area contributed by atoms with Gasteiger partial charge < -0.3 is 24.8 Å². The van der Waals surface area contributed by atoms with Crippen molar-refractivity contribution in [2.24, 2.45) is 0 Å². The van der Waals surface area contributed by atoms with Gasteiger partial charge in [0, 0.05) is 36.9 Å². The fourth-order valence-corrected chi connectivity index (χ4v) is 4.74. The first kappa shape index (κ1) is 25.5. The molecule has 5 rings (SSSR count). The van der Waals surface area contributed by atoms with E-state index in [0.717, 1.165) is 69.8 Å². The van der Waals surface area contributed by atoms with E-state index in [2.05, 4.69) is 58.3 Å². The minimum Gasteiger partial charge on any atom is -0.494 e. The van der Waals surface area contributed by atoms with Gasteiger partial charge >= 0.3 is 6.03 Å². The van der Waals surface area contributed by atoms with Crippen LogP contribution in [0.15, 0.2) is 67.1 Å². The number of carbonyl (C=O) groups is 1. The minimum atomic E-state index is -0.110. The molecule has 0 saturated heterocycles. The number of H-pyrrole nitrogens is 1. The summed E-state index contributed by atoms with van der Waals surface area (Å²) in [5, 5.41) is 4.12. The van der Waals surface area contributed by atoms with Crippen LogP contribution in [0, 0.1) is 6.92 Å². The van der Waals surface area contributed by atoms with Crippen molar-refractivity contribution < 1.29 is 9.53 Å². The number of aryl methyl sites for hydroxylation is 1. The monoisotopic (exact) mass is 510 g/mol. The van der Waals surface area contributed by atoms with E-state index < -0.39 is 0 Å². The number of benzene rings is 2. The second kappa shape index (κ2) is 11.5. The van der Waals surface area contributed by atoms with Crippen LogP contribution in [0.2, 0.25) is 0 Å². The van der Waals surface area contributed by atoms with Crippen molar-refractivity contribution in [1.82, 2.24) is 24.8 Å². The molecule has 1 aliphatic rings. The maximum absolute atomic E-state index is 13.1. The summed E-state index contributed by atoms with van der Waals surface area (Å²) in [7, 11) is 4.13. The van der Waals surface area contributed by atoms with Crippen molar-refractivity contribution in [3.8, 4) is 16.9 Å². The van der Waals surface area contributed by atoms with E-state index in [-0.39, 0.29) is 6.03 Å². The van der Waals surface area contributed by atoms with E-state index in [1.807, 2.05) is 53.6 Å². The fraction of sp³-hybridized carbons (Fsp3) is 0.300. The van der Waals surface area contributed by atoms with Gasteiger partial charge in [-0.05, 0) is 80.4 Å². The molecule has 8 heteroatoms. The highest BCUT2D eigenvalue weighted by molar-refractivity contribution is 5.93. The topological polar surface area (TPSA) is 86.4 Å². The first-order valence-electron chi connectivity index (χ1n) is 13.0. The Kier molecular flexibility index (Phi) is 7.70. The number of nitrogens with one attached hydrogen (secondary N) is 2. The molecule has 2 aromatic carbocycles. The minimum absolute atomic E-state index is 0.110. The molecule has 38 heavy (non-hydrogen) atoms. The van der Waals surface area contributed by atoms with Gasteiger partial charge in [-0.1, -0.05) is 30.3 Å². The van der Waals surface area contributed by atoms with Crippen LogP contribution in [0.4, 0.5) is 10.5 Å². The molecule has 0 unspecified atom stereocenters. The molecule has 0 saturated carbocycles. The van der Waals surface area contributed by atoms with Gasteiger partial charge in [0.1, 0.15) is 17.7 Å². The predicted octanol–water partition coefficient (Wildman–Crippen LogP) is 5.59. The Hall–Kier alpha value is -4.17. The molecule has 0 radical (unpaired) electrons. The van der Waals surface area contributed by atoms with E-state index in [1.165, 1.54) is 0 Å². The lowest BCUT2D eigenvalue weighted by molar-refractivity contribution is 0.217. The Bertz CT molecular complexity index is 1460. The van der Waals surface area contributed by atoms with Gasteiger partial charge in [0.2, 0.25) is 0 Å². The highest BCUT2D eigenvalue weighted by atomic mass is 16.5. The number of aromatic amines is 1. The molecule has 1 aliphatic heterocycles. The number of anilines is 1. The summed E-state index contributed by atoms with van der Waals surface area (Å²) in [5.74, 6) is 0.849. The summed E-state index contributed by atoms with van der Waals surface area (Å²) in [5.41, 5.74) is 6.90. The maximum atomic E-state index is 13.1. The third kappa shape index (κ3) is 5.86. The summed E-state index contributed by atoms with van der Waals surface area (Å²) >= 11 is 0. The molecule has 4 aromatic rings. The second-order valence-corrected chi connectivity index (χ2v) is 9.89. The number of aromatic nitrogens is 3. The Morgan fingerprint density at radius 3 is 2.74 bits per heavy atom. The van der Waals surface area contributed by atoms with Crippen LogP contribution in [0.5, 0.6) is 5.75 Å². The lowest BCUT2D eigenvalue weighted by Gasteiger charge is -2.27. The van der Waals surface area contributed by atoms with Gasteiger partial charge in [0.15, 0.2) is 0 Å². The molecule has 0 bridgehead atoms. The number of ether oxygens (including phenoxy) is 1. The Morgan fingerprint density at radius 2 is 1.95 bits per heavy atom. The van der Waals surface area contributed by atoms with Crippen molar-refractivity contribution in [3.63, 3.8) is 0 Å². The van der Waals surface area contributed by atoms with E-state index in [4.69, 9.17) is 4.74 Å².